The van der Waals surface area contributed by atoms with Gasteiger partial charge >= 0.3 is 0 Å². The average molecular weight is 432 g/mol. The maximum Gasteiger partial charge on any atom is 0.287 e. The van der Waals surface area contributed by atoms with Gasteiger partial charge in [0.1, 0.15) is 5.76 Å². The molecule has 29 heavy (non-hydrogen) atoms. The van der Waals surface area contributed by atoms with Gasteiger partial charge in [-0.3, -0.25) is 14.6 Å². The summed E-state index contributed by atoms with van der Waals surface area (Å²) in [7, 11) is 0. The Kier molecular flexibility index (Phi) is 6.90. The molecule has 0 atom stereocenters. The maximum atomic E-state index is 12.2. The highest BCUT2D eigenvalue weighted by molar-refractivity contribution is 6.42. The fraction of sp³-hybridized carbons (Fsp3) is 0.190. The molecular formula is C21H19Cl2N3O3. The van der Waals surface area contributed by atoms with E-state index in [0.29, 0.717) is 40.9 Å². The van der Waals surface area contributed by atoms with E-state index in [1.54, 1.807) is 42.5 Å². The first kappa shape index (κ1) is 20.9. The van der Waals surface area contributed by atoms with Crippen LogP contribution in [0.3, 0.4) is 0 Å². The highest BCUT2D eigenvalue weighted by Crippen LogP contribution is 2.29. The molecular weight excluding hydrogens is 413 g/mol. The third-order valence-corrected chi connectivity index (χ3v) is 4.87. The number of carbonyl (C=O) groups is 2. The van der Waals surface area contributed by atoms with Crippen LogP contribution >= 0.6 is 23.2 Å². The second-order valence-electron chi connectivity index (χ2n) is 6.35. The van der Waals surface area contributed by atoms with Crippen molar-refractivity contribution in [3.05, 3.63) is 75.7 Å². The zero-order chi connectivity index (χ0) is 20.8. The monoisotopic (exact) mass is 431 g/mol. The number of rotatable bonds is 7. The van der Waals surface area contributed by atoms with Gasteiger partial charge in [-0.15, -0.1) is 0 Å². The van der Waals surface area contributed by atoms with E-state index in [1.165, 1.54) is 6.20 Å². The van der Waals surface area contributed by atoms with E-state index < -0.39 is 0 Å². The summed E-state index contributed by atoms with van der Waals surface area (Å²) in [4.78, 5) is 28.3. The lowest BCUT2D eigenvalue weighted by molar-refractivity contribution is 0.0926. The van der Waals surface area contributed by atoms with Crippen LogP contribution in [0.2, 0.25) is 10.0 Å². The Balaban J connectivity index is 1.44. The van der Waals surface area contributed by atoms with Crippen LogP contribution in [0.25, 0.3) is 11.3 Å². The summed E-state index contributed by atoms with van der Waals surface area (Å²) in [5.41, 5.74) is 2.08. The molecule has 0 bridgehead atoms. The zero-order valence-electron chi connectivity index (χ0n) is 15.7. The third-order valence-electron chi connectivity index (χ3n) is 4.13. The van der Waals surface area contributed by atoms with Gasteiger partial charge in [0.2, 0.25) is 0 Å². The summed E-state index contributed by atoms with van der Waals surface area (Å²) in [5.74, 6) is 0.194. The van der Waals surface area contributed by atoms with E-state index in [-0.39, 0.29) is 17.6 Å². The smallest absolute Gasteiger partial charge is 0.287 e. The molecule has 0 saturated carbocycles. The third kappa shape index (κ3) is 5.59. The molecule has 2 aromatic heterocycles. The van der Waals surface area contributed by atoms with E-state index in [2.05, 4.69) is 15.6 Å². The fourth-order valence-corrected chi connectivity index (χ4v) is 2.85. The first-order valence-corrected chi connectivity index (χ1v) is 9.74. The molecule has 150 valence electrons. The van der Waals surface area contributed by atoms with Gasteiger partial charge in [0.15, 0.2) is 5.76 Å². The fourth-order valence-electron chi connectivity index (χ4n) is 2.55. The number of benzene rings is 1. The Bertz CT molecular complexity index is 1020. The lowest BCUT2D eigenvalue weighted by atomic mass is 10.2. The van der Waals surface area contributed by atoms with Gasteiger partial charge in [-0.2, -0.15) is 0 Å². The molecule has 0 aliphatic rings. The van der Waals surface area contributed by atoms with Crippen LogP contribution in [-0.2, 0) is 0 Å². The molecule has 6 nitrogen and oxygen atoms in total. The maximum absolute atomic E-state index is 12.2. The summed E-state index contributed by atoms with van der Waals surface area (Å²) in [6, 6.07) is 11.9. The van der Waals surface area contributed by atoms with E-state index in [0.717, 1.165) is 11.3 Å². The summed E-state index contributed by atoms with van der Waals surface area (Å²) in [6.07, 6.45) is 2.12. The number of furan rings is 1. The molecule has 0 radical (unpaired) electrons. The molecule has 8 heteroatoms. The first-order valence-electron chi connectivity index (χ1n) is 8.98. The Labute approximate surface area is 178 Å². The van der Waals surface area contributed by atoms with E-state index in [1.807, 2.05) is 6.92 Å². The molecule has 3 aromatic rings. The van der Waals surface area contributed by atoms with E-state index in [4.69, 9.17) is 27.6 Å². The number of hydrogen-bond donors (Lipinski definition) is 2. The minimum atomic E-state index is -0.328. The minimum absolute atomic E-state index is 0.193. The molecule has 0 aliphatic heterocycles. The molecule has 0 spiro atoms. The highest BCUT2D eigenvalue weighted by atomic mass is 35.5. The molecule has 0 fully saturated rings. The molecule has 1 aromatic carbocycles. The second-order valence-corrected chi connectivity index (χ2v) is 7.16. The largest absolute Gasteiger partial charge is 0.451 e. The van der Waals surface area contributed by atoms with E-state index >= 15 is 0 Å². The second kappa shape index (κ2) is 9.58. The average Bonchev–Trinajstić information content (AvgIpc) is 3.20. The summed E-state index contributed by atoms with van der Waals surface area (Å²) in [5, 5.41) is 6.41. The topological polar surface area (TPSA) is 84.2 Å². The number of nitrogens with zero attached hydrogens (tertiary/aromatic N) is 1. The van der Waals surface area contributed by atoms with Crippen LogP contribution in [0, 0.1) is 6.92 Å². The Morgan fingerprint density at radius 1 is 0.966 bits per heavy atom. The predicted octanol–water partition coefficient (Wildman–Crippen LogP) is 4.51. The number of halogens is 2. The van der Waals surface area contributed by atoms with Crippen molar-refractivity contribution < 1.29 is 14.0 Å². The number of pyridine rings is 1. The van der Waals surface area contributed by atoms with Gasteiger partial charge in [0.25, 0.3) is 11.8 Å². The predicted molar refractivity (Wildman–Crippen MR) is 112 cm³/mol. The number of aryl methyl sites for hydroxylation is 1. The Hall–Kier alpha value is -2.83. The van der Waals surface area contributed by atoms with Crippen molar-refractivity contribution >= 4 is 35.0 Å². The number of nitrogens with one attached hydrogen (secondary N) is 2. The Morgan fingerprint density at radius 3 is 2.41 bits per heavy atom. The standard InChI is InChI=1S/C21H19Cl2N3O3/c1-13-3-4-15(12-26-13)20(27)24-9-2-10-25-21(28)19-8-7-18(29-19)14-5-6-16(22)17(23)11-14/h3-8,11-12H,2,9-10H2,1H3,(H,24,27)(H,25,28). The lowest BCUT2D eigenvalue weighted by Gasteiger charge is -2.06. The van der Waals surface area contributed by atoms with Gasteiger partial charge < -0.3 is 15.1 Å². The molecule has 0 aliphatic carbocycles. The molecule has 0 saturated heterocycles. The first-order chi connectivity index (χ1) is 13.9. The normalized spacial score (nSPS) is 10.6. The number of hydrogen-bond acceptors (Lipinski definition) is 4. The van der Waals surface area contributed by atoms with Crippen molar-refractivity contribution in [1.82, 2.24) is 15.6 Å². The minimum Gasteiger partial charge on any atom is -0.451 e. The SMILES string of the molecule is Cc1ccc(C(=O)NCCCNC(=O)c2ccc(-c3ccc(Cl)c(Cl)c3)o2)cn1. The molecule has 0 unspecified atom stereocenters. The van der Waals surface area contributed by atoms with Crippen molar-refractivity contribution in [2.75, 3.05) is 13.1 Å². The molecule has 3 rings (SSSR count). The quantitative estimate of drug-likeness (QED) is 0.539. The van der Waals surface area contributed by atoms with Gasteiger partial charge in [-0.1, -0.05) is 23.2 Å². The molecule has 2 amide bonds. The summed E-state index contributed by atoms with van der Waals surface area (Å²) >= 11 is 11.9. The van der Waals surface area contributed by atoms with Crippen molar-refractivity contribution in [3.63, 3.8) is 0 Å². The van der Waals surface area contributed by atoms with Gasteiger partial charge in [0, 0.05) is 30.5 Å². The van der Waals surface area contributed by atoms with Crippen LogP contribution in [0.15, 0.2) is 53.1 Å². The van der Waals surface area contributed by atoms with Crippen LogP contribution in [0.1, 0.15) is 33.0 Å². The van der Waals surface area contributed by atoms with Crippen LogP contribution in [-0.4, -0.2) is 29.9 Å². The number of amides is 2. The van der Waals surface area contributed by atoms with Crippen molar-refractivity contribution in [1.29, 1.82) is 0 Å². The zero-order valence-corrected chi connectivity index (χ0v) is 17.2. The number of carbonyl (C=O) groups excluding carboxylic acids is 2. The van der Waals surface area contributed by atoms with Gasteiger partial charge in [0.05, 0.1) is 15.6 Å². The summed E-state index contributed by atoms with van der Waals surface area (Å²) in [6.45, 7) is 2.69. The van der Waals surface area contributed by atoms with Gasteiger partial charge in [-0.25, -0.2) is 0 Å². The lowest BCUT2D eigenvalue weighted by Crippen LogP contribution is -2.29. The molecule has 2 heterocycles. The van der Waals surface area contributed by atoms with Crippen molar-refractivity contribution in [3.8, 4) is 11.3 Å². The van der Waals surface area contributed by atoms with Crippen LogP contribution in [0.5, 0.6) is 0 Å². The van der Waals surface area contributed by atoms with Gasteiger partial charge in [-0.05, 0) is 55.8 Å². The summed E-state index contributed by atoms with van der Waals surface area (Å²) < 4.78 is 5.60. The van der Waals surface area contributed by atoms with Crippen LogP contribution < -0.4 is 10.6 Å². The van der Waals surface area contributed by atoms with Crippen molar-refractivity contribution in [2.45, 2.75) is 13.3 Å². The molecule has 2 N–H and O–H groups in total. The Morgan fingerprint density at radius 2 is 1.72 bits per heavy atom. The van der Waals surface area contributed by atoms with Crippen molar-refractivity contribution in [2.24, 2.45) is 0 Å². The van der Waals surface area contributed by atoms with E-state index in [9.17, 15) is 9.59 Å². The van der Waals surface area contributed by atoms with Crippen LogP contribution in [0.4, 0.5) is 0 Å². The number of aromatic nitrogens is 1. The highest BCUT2D eigenvalue weighted by Gasteiger charge is 2.13.